The van der Waals surface area contributed by atoms with E-state index in [0.29, 0.717) is 43.7 Å². The van der Waals surface area contributed by atoms with Gasteiger partial charge in [0.05, 0.1) is 12.0 Å². The van der Waals surface area contributed by atoms with E-state index in [1.54, 1.807) is 11.0 Å². The number of likely N-dealkylation sites (tertiary alicyclic amines) is 1. The van der Waals surface area contributed by atoms with Crippen molar-refractivity contribution >= 4 is 11.9 Å². The highest BCUT2D eigenvalue weighted by atomic mass is 19.1. The van der Waals surface area contributed by atoms with Crippen molar-refractivity contribution in [1.82, 2.24) is 4.90 Å². The topological polar surface area (TPSA) is 55.8 Å². The molecular weight excluding hydrogens is 325 g/mol. The van der Waals surface area contributed by atoms with Crippen molar-refractivity contribution in [2.24, 2.45) is 0 Å². The molecule has 2 aliphatic heterocycles. The van der Waals surface area contributed by atoms with Crippen molar-refractivity contribution in [3.8, 4) is 0 Å². The summed E-state index contributed by atoms with van der Waals surface area (Å²) in [6.45, 7) is 6.45. The zero-order valence-electron chi connectivity index (χ0n) is 14.9. The molecule has 6 heteroatoms. The third-order valence-electron chi connectivity index (χ3n) is 4.61. The highest BCUT2D eigenvalue weighted by Crippen LogP contribution is 2.40. The van der Waals surface area contributed by atoms with E-state index in [2.05, 4.69) is 0 Å². The first kappa shape index (κ1) is 17.7. The minimum Gasteiger partial charge on any atom is -0.490 e. The Hall–Kier alpha value is -2.11. The quantitative estimate of drug-likeness (QED) is 0.667. The van der Waals surface area contributed by atoms with Gasteiger partial charge >= 0.3 is 6.09 Å². The number of ketones is 1. The molecular formula is C19H24FNO4. The van der Waals surface area contributed by atoms with Crippen LogP contribution in [0.4, 0.5) is 9.18 Å². The molecule has 1 amide bonds. The van der Waals surface area contributed by atoms with E-state index in [0.717, 1.165) is 0 Å². The Morgan fingerprint density at radius 3 is 2.64 bits per heavy atom. The molecule has 0 radical (unpaired) electrons. The maximum atomic E-state index is 13.6. The summed E-state index contributed by atoms with van der Waals surface area (Å²) in [7, 11) is 0. The minimum atomic E-state index is -0.600. The number of rotatable bonds is 0. The summed E-state index contributed by atoms with van der Waals surface area (Å²) in [6, 6.07) is 0. The largest absolute Gasteiger partial charge is 0.490 e. The third-order valence-corrected chi connectivity index (χ3v) is 4.61. The molecule has 2 heterocycles. The van der Waals surface area contributed by atoms with Crippen LogP contribution in [0.25, 0.3) is 0 Å². The second kappa shape index (κ2) is 6.32. The SMILES string of the molecule is CC(C)(C)OC(=O)N1CCC2(CC1)CC(=O)C1=C(CC=CC(F)=C1)O2. The van der Waals surface area contributed by atoms with E-state index in [-0.39, 0.29) is 18.3 Å². The number of allylic oxidation sites excluding steroid dienone is 5. The van der Waals surface area contributed by atoms with Crippen LogP contribution in [0.3, 0.4) is 0 Å². The normalized spacial score (nSPS) is 23.0. The fourth-order valence-electron chi connectivity index (χ4n) is 3.38. The van der Waals surface area contributed by atoms with E-state index < -0.39 is 17.0 Å². The van der Waals surface area contributed by atoms with Crippen molar-refractivity contribution in [2.75, 3.05) is 13.1 Å². The monoisotopic (exact) mass is 349 g/mol. The average molecular weight is 349 g/mol. The Kier molecular flexibility index (Phi) is 4.47. The fraction of sp³-hybridized carbons (Fsp3) is 0.579. The summed E-state index contributed by atoms with van der Waals surface area (Å²) in [5.74, 6) is 0.00864. The number of amides is 1. The number of carbonyl (C=O) groups is 2. The number of ether oxygens (including phenoxy) is 2. The highest BCUT2D eigenvalue weighted by molar-refractivity contribution is 6.00. The lowest BCUT2D eigenvalue weighted by Gasteiger charge is -2.44. The van der Waals surface area contributed by atoms with Gasteiger partial charge in [-0.05, 0) is 32.9 Å². The first-order valence-electron chi connectivity index (χ1n) is 8.65. The lowest BCUT2D eigenvalue weighted by atomic mass is 9.82. The lowest BCUT2D eigenvalue weighted by Crippen LogP contribution is -2.51. The number of carbonyl (C=O) groups excluding carboxylic acids is 2. The van der Waals surface area contributed by atoms with Gasteiger partial charge in [0.2, 0.25) is 0 Å². The molecule has 0 unspecified atom stereocenters. The summed E-state index contributed by atoms with van der Waals surface area (Å²) >= 11 is 0. The van der Waals surface area contributed by atoms with Crippen molar-refractivity contribution in [3.63, 3.8) is 0 Å². The molecule has 0 N–H and O–H groups in total. The van der Waals surface area contributed by atoms with Gasteiger partial charge in [0.25, 0.3) is 0 Å². The Morgan fingerprint density at radius 2 is 2.00 bits per heavy atom. The molecule has 25 heavy (non-hydrogen) atoms. The van der Waals surface area contributed by atoms with Crippen LogP contribution < -0.4 is 0 Å². The second-order valence-electron chi connectivity index (χ2n) is 7.82. The summed E-state index contributed by atoms with van der Waals surface area (Å²) in [6.07, 6.45) is 5.68. The number of hydrogen-bond donors (Lipinski definition) is 0. The van der Waals surface area contributed by atoms with Gasteiger partial charge in [-0.1, -0.05) is 6.08 Å². The fourth-order valence-corrected chi connectivity index (χ4v) is 3.38. The molecule has 1 spiro atoms. The van der Waals surface area contributed by atoms with Crippen LogP contribution in [0.2, 0.25) is 0 Å². The Bertz CT molecular complexity index is 676. The molecule has 0 bridgehead atoms. The zero-order chi connectivity index (χ0) is 18.2. The Balaban J connectivity index is 1.69. The van der Waals surface area contributed by atoms with E-state index >= 15 is 0 Å². The summed E-state index contributed by atoms with van der Waals surface area (Å²) < 4.78 is 25.1. The molecule has 1 saturated heterocycles. The Labute approximate surface area is 147 Å². The number of piperidine rings is 1. The van der Waals surface area contributed by atoms with Crippen molar-refractivity contribution in [1.29, 1.82) is 0 Å². The molecule has 1 fully saturated rings. The molecule has 0 aromatic rings. The lowest BCUT2D eigenvalue weighted by molar-refractivity contribution is -0.129. The van der Waals surface area contributed by atoms with Crippen LogP contribution in [0.15, 0.2) is 35.4 Å². The van der Waals surface area contributed by atoms with E-state index in [9.17, 15) is 14.0 Å². The average Bonchev–Trinajstić information content (AvgIpc) is 2.68. The van der Waals surface area contributed by atoms with E-state index in [1.165, 1.54) is 12.2 Å². The highest BCUT2D eigenvalue weighted by Gasteiger charge is 2.44. The maximum Gasteiger partial charge on any atom is 0.410 e. The number of hydrogen-bond acceptors (Lipinski definition) is 4. The van der Waals surface area contributed by atoms with Crippen molar-refractivity contribution < 1.29 is 23.5 Å². The van der Waals surface area contributed by atoms with Gasteiger partial charge in [-0.2, -0.15) is 0 Å². The van der Waals surface area contributed by atoms with Crippen molar-refractivity contribution in [3.05, 3.63) is 35.4 Å². The molecule has 1 aliphatic carbocycles. The maximum absolute atomic E-state index is 13.6. The predicted octanol–water partition coefficient (Wildman–Crippen LogP) is 3.81. The summed E-state index contributed by atoms with van der Waals surface area (Å²) in [4.78, 5) is 26.4. The van der Waals surface area contributed by atoms with Crippen LogP contribution in [-0.4, -0.2) is 41.1 Å². The van der Waals surface area contributed by atoms with E-state index in [4.69, 9.17) is 9.47 Å². The van der Waals surface area contributed by atoms with Gasteiger partial charge in [0.15, 0.2) is 5.78 Å². The number of Topliss-reactive ketones (excluding diaryl/α,β-unsaturated/α-hetero) is 1. The second-order valence-corrected chi connectivity index (χ2v) is 7.82. The van der Waals surface area contributed by atoms with Gasteiger partial charge in [0, 0.05) is 32.4 Å². The molecule has 0 aromatic heterocycles. The minimum absolute atomic E-state index is 0.0918. The van der Waals surface area contributed by atoms with Gasteiger partial charge in [-0.3, -0.25) is 4.79 Å². The molecule has 5 nitrogen and oxygen atoms in total. The van der Waals surface area contributed by atoms with Crippen LogP contribution in [0.5, 0.6) is 0 Å². The summed E-state index contributed by atoms with van der Waals surface area (Å²) in [5.41, 5.74) is -0.800. The predicted molar refractivity (Wildman–Crippen MR) is 90.5 cm³/mol. The van der Waals surface area contributed by atoms with Crippen LogP contribution in [0.1, 0.15) is 46.5 Å². The number of halogens is 1. The van der Waals surface area contributed by atoms with Crippen molar-refractivity contribution in [2.45, 2.75) is 57.7 Å². The first-order valence-corrected chi connectivity index (χ1v) is 8.65. The van der Waals surface area contributed by atoms with Gasteiger partial charge in [-0.15, -0.1) is 0 Å². The molecule has 136 valence electrons. The molecule has 0 saturated carbocycles. The third kappa shape index (κ3) is 3.94. The standard InChI is InChI=1S/C19H24FNO4/c1-18(2,3)25-17(23)21-9-7-19(8-10-21)12-15(22)14-11-13(20)5-4-6-16(14)24-19/h4-5,11H,6-10,12H2,1-3H3. The van der Waals surface area contributed by atoms with Gasteiger partial charge in [0.1, 0.15) is 22.8 Å². The van der Waals surface area contributed by atoms with Crippen LogP contribution in [0, 0.1) is 0 Å². The molecule has 3 aliphatic rings. The smallest absolute Gasteiger partial charge is 0.410 e. The van der Waals surface area contributed by atoms with Gasteiger partial charge in [-0.25, -0.2) is 9.18 Å². The van der Waals surface area contributed by atoms with E-state index in [1.807, 2.05) is 20.8 Å². The Morgan fingerprint density at radius 1 is 1.32 bits per heavy atom. The first-order chi connectivity index (χ1) is 11.7. The van der Waals surface area contributed by atoms with Gasteiger partial charge < -0.3 is 14.4 Å². The number of nitrogens with zero attached hydrogens (tertiary/aromatic N) is 1. The molecule has 0 atom stereocenters. The summed E-state index contributed by atoms with van der Waals surface area (Å²) in [5, 5.41) is 0. The molecule has 0 aromatic carbocycles. The zero-order valence-corrected chi connectivity index (χ0v) is 14.9. The molecule has 3 rings (SSSR count). The van der Waals surface area contributed by atoms with Crippen LogP contribution in [-0.2, 0) is 14.3 Å². The van der Waals surface area contributed by atoms with Crippen LogP contribution >= 0.6 is 0 Å².